The molecule has 0 aliphatic carbocycles. The van der Waals surface area contributed by atoms with Gasteiger partial charge in [0.05, 0.1) is 5.56 Å². The standard InChI is InChI=1S/C26H18FN2OP/c27-23-18-10-17-22-24(23)28-29-26(25(22)30)31(19-11-4-1-5-12-19,20-13-6-2-7-14-20)21-15-8-3-9-16-21/h1-18H. The fourth-order valence-electron chi connectivity index (χ4n) is 4.05. The lowest BCUT2D eigenvalue weighted by molar-refractivity contribution is 0.106. The number of Topliss-reactive ketones (excluding diaryl/α,β-unsaturated/α-hetero) is 1. The van der Waals surface area contributed by atoms with E-state index in [1.807, 2.05) is 91.0 Å². The van der Waals surface area contributed by atoms with Crippen LogP contribution >= 0.6 is 6.89 Å². The Bertz CT molecular complexity index is 1250. The molecular weight excluding hydrogens is 406 g/mol. The van der Waals surface area contributed by atoms with Gasteiger partial charge < -0.3 is 0 Å². The summed E-state index contributed by atoms with van der Waals surface area (Å²) in [5, 5.41) is 11.6. The van der Waals surface area contributed by atoms with Crippen LogP contribution in [0.3, 0.4) is 0 Å². The van der Waals surface area contributed by atoms with Gasteiger partial charge in [-0.05, 0) is 28.0 Å². The van der Waals surface area contributed by atoms with Crippen molar-refractivity contribution in [3.05, 3.63) is 121 Å². The number of azo groups is 1. The largest absolute Gasteiger partial charge is 0.287 e. The first kappa shape index (κ1) is 19.3. The van der Waals surface area contributed by atoms with Crippen molar-refractivity contribution < 1.29 is 9.18 Å². The highest BCUT2D eigenvalue weighted by atomic mass is 31.2. The van der Waals surface area contributed by atoms with Crippen molar-refractivity contribution in [3.63, 3.8) is 0 Å². The number of ketones is 1. The van der Waals surface area contributed by atoms with Gasteiger partial charge in [0.25, 0.3) is 0 Å². The van der Waals surface area contributed by atoms with Gasteiger partial charge in [0.2, 0.25) is 5.78 Å². The zero-order chi connectivity index (χ0) is 21.3. The van der Waals surface area contributed by atoms with Crippen LogP contribution in [-0.2, 0) is 0 Å². The van der Waals surface area contributed by atoms with Crippen LogP contribution in [0.15, 0.2) is 119 Å². The third kappa shape index (κ3) is 3.08. The smallest absolute Gasteiger partial charge is 0.216 e. The molecule has 0 saturated heterocycles. The fourth-order valence-corrected chi connectivity index (χ4v) is 8.14. The van der Waals surface area contributed by atoms with Gasteiger partial charge in [0.1, 0.15) is 11.1 Å². The van der Waals surface area contributed by atoms with Gasteiger partial charge in [0.15, 0.2) is 5.82 Å². The van der Waals surface area contributed by atoms with E-state index in [-0.39, 0.29) is 17.0 Å². The van der Waals surface area contributed by atoms with E-state index in [4.69, 9.17) is 0 Å². The Hall–Kier alpha value is -3.62. The lowest BCUT2D eigenvalue weighted by Gasteiger charge is -2.31. The molecule has 0 aromatic heterocycles. The summed E-state index contributed by atoms with van der Waals surface area (Å²) in [5.41, 5.74) is 0.606. The second-order valence-corrected chi connectivity index (χ2v) is 10.5. The van der Waals surface area contributed by atoms with E-state index in [0.717, 1.165) is 15.9 Å². The summed E-state index contributed by atoms with van der Waals surface area (Å²) in [6, 6.07) is 34.3. The molecule has 31 heavy (non-hydrogen) atoms. The topological polar surface area (TPSA) is 41.8 Å². The van der Waals surface area contributed by atoms with Crippen LogP contribution < -0.4 is 15.9 Å². The molecular formula is C26H18FN2OP. The molecule has 5 heteroatoms. The molecule has 1 aliphatic heterocycles. The van der Waals surface area contributed by atoms with Crippen LogP contribution in [0.2, 0.25) is 0 Å². The van der Waals surface area contributed by atoms with E-state index >= 15 is 0 Å². The first-order chi connectivity index (χ1) is 15.2. The minimum atomic E-state index is -2.67. The van der Waals surface area contributed by atoms with Crippen molar-refractivity contribution in [3.8, 4) is 0 Å². The number of hydrogen-bond acceptors (Lipinski definition) is 2. The number of carbonyl (C=O) groups is 1. The Morgan fingerprint density at radius 1 is 0.581 bits per heavy atom. The van der Waals surface area contributed by atoms with Crippen molar-refractivity contribution in [1.29, 1.82) is 0 Å². The molecule has 0 amide bonds. The molecule has 0 N–H and O–H groups in total. The number of carbonyl (C=O) groups excluding carboxylic acids is 1. The first-order valence-corrected chi connectivity index (χ1v) is 11.7. The lowest BCUT2D eigenvalue weighted by Crippen LogP contribution is -2.33. The van der Waals surface area contributed by atoms with Crippen molar-refractivity contribution in [2.75, 3.05) is 0 Å². The van der Waals surface area contributed by atoms with E-state index in [0.29, 0.717) is 5.42 Å². The van der Waals surface area contributed by atoms with Crippen molar-refractivity contribution in [2.45, 2.75) is 0 Å². The highest BCUT2D eigenvalue weighted by Gasteiger charge is 2.36. The Morgan fingerprint density at radius 2 is 1.06 bits per heavy atom. The fraction of sp³-hybridized carbons (Fsp3) is 0. The molecule has 0 atom stereocenters. The van der Waals surface area contributed by atoms with E-state index in [1.54, 1.807) is 6.07 Å². The van der Waals surface area contributed by atoms with E-state index in [1.165, 1.54) is 12.1 Å². The van der Waals surface area contributed by atoms with Crippen molar-refractivity contribution in [2.24, 2.45) is 10.2 Å². The molecule has 0 spiro atoms. The third-order valence-electron chi connectivity index (χ3n) is 5.43. The highest BCUT2D eigenvalue weighted by molar-refractivity contribution is 7.96. The minimum absolute atomic E-state index is 0.00327. The summed E-state index contributed by atoms with van der Waals surface area (Å²) in [7, 11) is 0. The van der Waals surface area contributed by atoms with Crippen molar-refractivity contribution in [1.82, 2.24) is 0 Å². The lowest BCUT2D eigenvalue weighted by atomic mass is 10.1. The van der Waals surface area contributed by atoms with Crippen LogP contribution in [0.4, 0.5) is 10.1 Å². The average molecular weight is 424 g/mol. The van der Waals surface area contributed by atoms with Gasteiger partial charge in [-0.3, -0.25) is 4.79 Å². The number of rotatable bonds is 3. The summed E-state index contributed by atoms with van der Waals surface area (Å²) >= 11 is 0. The number of nitrogens with zero attached hydrogens (tertiary/aromatic N) is 2. The summed E-state index contributed by atoms with van der Waals surface area (Å²) in [5.74, 6) is -0.828. The first-order valence-electron chi connectivity index (χ1n) is 9.91. The van der Waals surface area contributed by atoms with Crippen LogP contribution in [0, 0.1) is 5.82 Å². The maximum absolute atomic E-state index is 14.3. The van der Waals surface area contributed by atoms with Gasteiger partial charge in [-0.25, -0.2) is 4.39 Å². The molecule has 0 radical (unpaired) electrons. The van der Waals surface area contributed by atoms with Crippen LogP contribution in [0.25, 0.3) is 0 Å². The number of hydrogen-bond donors (Lipinski definition) is 0. The zero-order valence-corrected chi connectivity index (χ0v) is 17.4. The van der Waals surface area contributed by atoms with Gasteiger partial charge in [-0.1, -0.05) is 97.1 Å². The highest BCUT2D eigenvalue weighted by Crippen LogP contribution is 2.48. The summed E-state index contributed by atoms with van der Waals surface area (Å²) in [6.07, 6.45) is 0. The van der Waals surface area contributed by atoms with E-state index in [2.05, 4.69) is 10.2 Å². The molecule has 0 fully saturated rings. The van der Waals surface area contributed by atoms with Crippen LogP contribution in [-0.4, -0.2) is 11.2 Å². The third-order valence-corrected chi connectivity index (χ3v) is 9.57. The van der Waals surface area contributed by atoms with Crippen LogP contribution in [0.1, 0.15) is 10.4 Å². The summed E-state index contributed by atoms with van der Waals surface area (Å²) < 4.78 is 14.3. The molecule has 1 heterocycles. The second-order valence-electron chi connectivity index (χ2n) is 7.17. The Labute approximate surface area is 179 Å². The predicted molar refractivity (Wildman–Crippen MR) is 125 cm³/mol. The minimum Gasteiger partial charge on any atom is -0.287 e. The SMILES string of the molecule is O=C1C(=P(c2ccccc2)(c2ccccc2)c2ccccc2)N=Nc2c(F)cccc21. The quantitative estimate of drug-likeness (QED) is 0.415. The Morgan fingerprint density at radius 3 is 1.55 bits per heavy atom. The molecule has 4 aromatic carbocycles. The summed E-state index contributed by atoms with van der Waals surface area (Å²) in [4.78, 5) is 13.8. The Balaban J connectivity index is 1.98. The molecule has 0 bridgehead atoms. The monoisotopic (exact) mass is 424 g/mol. The molecule has 150 valence electrons. The molecule has 5 rings (SSSR count). The Kier molecular flexibility index (Phi) is 4.93. The summed E-state index contributed by atoms with van der Waals surface area (Å²) in [6.45, 7) is -2.67. The second kappa shape index (κ2) is 7.90. The van der Waals surface area contributed by atoms with E-state index in [9.17, 15) is 9.18 Å². The molecule has 0 saturated carbocycles. The number of benzene rings is 4. The van der Waals surface area contributed by atoms with Crippen LogP contribution in [0.5, 0.6) is 0 Å². The maximum Gasteiger partial charge on any atom is 0.216 e. The molecule has 3 nitrogen and oxygen atoms in total. The molecule has 4 aromatic rings. The maximum atomic E-state index is 14.3. The van der Waals surface area contributed by atoms with Gasteiger partial charge in [-0.15, -0.1) is 10.2 Å². The molecule has 0 unspecified atom stereocenters. The van der Waals surface area contributed by atoms with Gasteiger partial charge in [-0.2, -0.15) is 0 Å². The average Bonchev–Trinajstić information content (AvgIpc) is 2.83. The van der Waals surface area contributed by atoms with Crippen molar-refractivity contribution >= 4 is 39.7 Å². The number of halogens is 1. The van der Waals surface area contributed by atoms with Gasteiger partial charge >= 0.3 is 0 Å². The normalized spacial score (nSPS) is 13.2. The molecule has 1 aliphatic rings. The zero-order valence-electron chi connectivity index (χ0n) is 16.5. The van der Waals surface area contributed by atoms with Gasteiger partial charge in [0, 0.05) is 6.89 Å². The van der Waals surface area contributed by atoms with E-state index < -0.39 is 12.7 Å². The number of fused-ring (bicyclic) bond motifs is 1. The predicted octanol–water partition coefficient (Wildman–Crippen LogP) is 5.23.